The van der Waals surface area contributed by atoms with Gasteiger partial charge in [-0.3, -0.25) is 9.59 Å². The fraction of sp³-hybridized carbons (Fsp3) is 0.385. The number of aromatic amines is 1. The Balaban J connectivity index is 1.58. The molecule has 6 heteroatoms. The Kier molecular flexibility index (Phi) is 5.47. The lowest BCUT2D eigenvalue weighted by Gasteiger charge is -2.47. The van der Waals surface area contributed by atoms with Gasteiger partial charge in [0.15, 0.2) is 0 Å². The van der Waals surface area contributed by atoms with E-state index in [0.29, 0.717) is 26.2 Å². The quantitative estimate of drug-likeness (QED) is 0.607. The van der Waals surface area contributed by atoms with Crippen LogP contribution in [0.1, 0.15) is 41.8 Å². The van der Waals surface area contributed by atoms with Crippen LogP contribution in [0.5, 0.6) is 0 Å². The number of H-pyrrole nitrogens is 1. The number of ether oxygens (including phenoxy) is 1. The number of amides is 2. The van der Waals surface area contributed by atoms with Crippen molar-refractivity contribution in [2.24, 2.45) is 0 Å². The largest absolute Gasteiger partial charge is 0.382 e. The Morgan fingerprint density at radius 1 is 1.09 bits per heavy atom. The molecule has 0 saturated carbocycles. The maximum Gasteiger partial charge on any atom is 0.246 e. The number of carbonyl (C=O) groups is 2. The molecule has 166 valence electrons. The van der Waals surface area contributed by atoms with Crippen molar-refractivity contribution < 1.29 is 14.3 Å². The summed E-state index contributed by atoms with van der Waals surface area (Å²) in [4.78, 5) is 34.2. The number of aryl methyl sites for hydroxylation is 1. The minimum absolute atomic E-state index is 0.00330. The molecule has 32 heavy (non-hydrogen) atoms. The van der Waals surface area contributed by atoms with Crippen LogP contribution >= 0.6 is 0 Å². The summed E-state index contributed by atoms with van der Waals surface area (Å²) in [6, 6.07) is 15.6. The number of aromatic nitrogens is 1. The van der Waals surface area contributed by atoms with Gasteiger partial charge in [0, 0.05) is 42.8 Å². The van der Waals surface area contributed by atoms with Crippen molar-refractivity contribution in [2.45, 2.75) is 38.8 Å². The smallest absolute Gasteiger partial charge is 0.246 e. The molecule has 1 fully saturated rings. The van der Waals surface area contributed by atoms with Crippen LogP contribution in [0, 0.1) is 6.92 Å². The molecule has 1 aromatic heterocycles. The second-order valence-corrected chi connectivity index (χ2v) is 8.65. The zero-order chi connectivity index (χ0) is 22.2. The number of hydrogen-bond acceptors (Lipinski definition) is 3. The number of fused-ring (bicyclic) bond motifs is 4. The van der Waals surface area contributed by atoms with E-state index in [4.69, 9.17) is 4.74 Å². The van der Waals surface area contributed by atoms with Crippen LogP contribution in [-0.4, -0.2) is 58.9 Å². The predicted octanol–water partition coefficient (Wildman–Crippen LogP) is 3.59. The van der Waals surface area contributed by atoms with Crippen molar-refractivity contribution in [3.05, 3.63) is 70.9 Å². The van der Waals surface area contributed by atoms with E-state index >= 15 is 0 Å². The van der Waals surface area contributed by atoms with E-state index in [0.717, 1.165) is 39.7 Å². The Labute approximate surface area is 188 Å². The van der Waals surface area contributed by atoms with Gasteiger partial charge in [-0.05, 0) is 43.0 Å². The second kappa shape index (κ2) is 8.43. The number of piperazine rings is 1. The number of carbonyl (C=O) groups excluding carboxylic acids is 2. The summed E-state index contributed by atoms with van der Waals surface area (Å²) in [5.41, 5.74) is 5.40. The van der Waals surface area contributed by atoms with Gasteiger partial charge in [-0.1, -0.05) is 42.5 Å². The Bertz CT molecular complexity index is 1170. The minimum Gasteiger partial charge on any atom is -0.382 e. The van der Waals surface area contributed by atoms with Crippen molar-refractivity contribution in [2.75, 3.05) is 26.3 Å². The number of benzene rings is 2. The first kappa shape index (κ1) is 20.8. The molecule has 3 heterocycles. The van der Waals surface area contributed by atoms with Crippen molar-refractivity contribution in [1.29, 1.82) is 0 Å². The topological polar surface area (TPSA) is 65.6 Å². The van der Waals surface area contributed by atoms with Crippen LogP contribution in [-0.2, 0) is 20.7 Å². The molecule has 1 saturated heterocycles. The van der Waals surface area contributed by atoms with Crippen LogP contribution in [0.3, 0.4) is 0 Å². The molecule has 0 aliphatic carbocycles. The Morgan fingerprint density at radius 3 is 2.69 bits per heavy atom. The second-order valence-electron chi connectivity index (χ2n) is 8.65. The van der Waals surface area contributed by atoms with Gasteiger partial charge >= 0.3 is 0 Å². The van der Waals surface area contributed by atoms with Crippen LogP contribution in [0.4, 0.5) is 0 Å². The molecule has 0 radical (unpaired) electrons. The van der Waals surface area contributed by atoms with Gasteiger partial charge in [-0.2, -0.15) is 0 Å². The van der Waals surface area contributed by atoms with Crippen LogP contribution in [0.2, 0.25) is 0 Å². The fourth-order valence-corrected chi connectivity index (χ4v) is 5.23. The lowest BCUT2D eigenvalue weighted by atomic mass is 9.85. The molecule has 2 amide bonds. The standard InChI is InChI=1S/C26H29N3O3/c1-3-32-14-8-13-28-16-23(30)29-22(26(28)31)15-20-19-11-6-7-12-21(19)27-24(20)25(29)18-10-5-4-9-17(18)2/h4-7,9-12,22,25,27H,3,8,13-16H2,1-2H3/t22-,25?/m0/s1. The van der Waals surface area contributed by atoms with Crippen molar-refractivity contribution in [1.82, 2.24) is 14.8 Å². The van der Waals surface area contributed by atoms with E-state index in [1.807, 2.05) is 36.1 Å². The molecular weight excluding hydrogens is 402 g/mol. The molecular formula is C26H29N3O3. The lowest BCUT2D eigenvalue weighted by Crippen LogP contribution is -2.63. The maximum absolute atomic E-state index is 13.6. The zero-order valence-corrected chi connectivity index (χ0v) is 18.6. The molecule has 6 nitrogen and oxygen atoms in total. The monoisotopic (exact) mass is 431 g/mol. The van der Waals surface area contributed by atoms with Gasteiger partial charge in [0.2, 0.25) is 11.8 Å². The highest BCUT2D eigenvalue weighted by molar-refractivity contribution is 5.97. The molecule has 0 bridgehead atoms. The number of hydrogen-bond donors (Lipinski definition) is 1. The molecule has 2 aliphatic heterocycles. The van der Waals surface area contributed by atoms with Crippen molar-refractivity contribution in [3.8, 4) is 0 Å². The van der Waals surface area contributed by atoms with E-state index in [2.05, 4.69) is 36.2 Å². The average molecular weight is 432 g/mol. The van der Waals surface area contributed by atoms with Crippen LogP contribution in [0.15, 0.2) is 48.5 Å². The molecule has 3 aromatic rings. The third-order valence-corrected chi connectivity index (χ3v) is 6.75. The summed E-state index contributed by atoms with van der Waals surface area (Å²) in [6.45, 7) is 5.95. The van der Waals surface area contributed by atoms with Gasteiger partial charge in [-0.15, -0.1) is 0 Å². The first-order valence-corrected chi connectivity index (χ1v) is 11.4. The highest BCUT2D eigenvalue weighted by atomic mass is 16.5. The first-order valence-electron chi connectivity index (χ1n) is 11.4. The molecule has 2 aromatic carbocycles. The number of nitrogens with zero attached hydrogens (tertiary/aromatic N) is 2. The first-order chi connectivity index (χ1) is 15.6. The number of rotatable bonds is 6. The minimum atomic E-state index is -0.486. The van der Waals surface area contributed by atoms with E-state index < -0.39 is 6.04 Å². The summed E-state index contributed by atoms with van der Waals surface area (Å²) < 4.78 is 5.43. The van der Waals surface area contributed by atoms with Gasteiger partial charge < -0.3 is 19.5 Å². The highest BCUT2D eigenvalue weighted by Gasteiger charge is 2.48. The van der Waals surface area contributed by atoms with Crippen LogP contribution < -0.4 is 0 Å². The van der Waals surface area contributed by atoms with E-state index in [1.54, 1.807) is 4.90 Å². The number of nitrogens with one attached hydrogen (secondary N) is 1. The van der Waals surface area contributed by atoms with Crippen molar-refractivity contribution in [3.63, 3.8) is 0 Å². The zero-order valence-electron chi connectivity index (χ0n) is 18.6. The third-order valence-electron chi connectivity index (χ3n) is 6.75. The van der Waals surface area contributed by atoms with Gasteiger partial charge in [-0.25, -0.2) is 0 Å². The molecule has 1 N–H and O–H groups in total. The SMILES string of the molecule is CCOCCCN1CC(=O)N2C(c3ccccc3C)c3[nH]c4ccccc4c3C[C@H]2C1=O. The Hall–Kier alpha value is -3.12. The highest BCUT2D eigenvalue weighted by Crippen LogP contribution is 2.43. The van der Waals surface area contributed by atoms with Crippen molar-refractivity contribution >= 4 is 22.7 Å². The summed E-state index contributed by atoms with van der Waals surface area (Å²) >= 11 is 0. The summed E-state index contributed by atoms with van der Waals surface area (Å²) in [5.74, 6) is 0.0409. The lowest BCUT2D eigenvalue weighted by molar-refractivity contribution is -0.158. The Morgan fingerprint density at radius 2 is 1.88 bits per heavy atom. The third kappa shape index (κ3) is 3.39. The summed E-state index contributed by atoms with van der Waals surface area (Å²) in [5, 5.41) is 1.13. The number of para-hydroxylation sites is 1. The summed E-state index contributed by atoms with van der Waals surface area (Å²) in [6.07, 6.45) is 1.27. The molecule has 1 unspecified atom stereocenters. The normalized spacial score (nSPS) is 20.6. The maximum atomic E-state index is 13.6. The molecule has 2 aliphatic rings. The summed E-state index contributed by atoms with van der Waals surface area (Å²) in [7, 11) is 0. The predicted molar refractivity (Wildman–Crippen MR) is 123 cm³/mol. The van der Waals surface area contributed by atoms with Gasteiger partial charge in [0.05, 0.1) is 12.6 Å². The van der Waals surface area contributed by atoms with Gasteiger partial charge in [0.1, 0.15) is 6.04 Å². The van der Waals surface area contributed by atoms with E-state index in [9.17, 15) is 9.59 Å². The molecule has 5 rings (SSSR count). The van der Waals surface area contributed by atoms with E-state index in [-0.39, 0.29) is 24.4 Å². The van der Waals surface area contributed by atoms with E-state index in [1.165, 1.54) is 0 Å². The molecule has 2 atom stereocenters. The molecule has 0 spiro atoms. The average Bonchev–Trinajstić information content (AvgIpc) is 3.17. The fourth-order valence-electron chi connectivity index (χ4n) is 5.23. The van der Waals surface area contributed by atoms with Crippen LogP contribution in [0.25, 0.3) is 10.9 Å². The van der Waals surface area contributed by atoms with Gasteiger partial charge in [0.25, 0.3) is 0 Å².